The number of hydrogen-bond donors (Lipinski definition) is 1. The molecule has 0 spiro atoms. The van der Waals surface area contributed by atoms with Gasteiger partial charge in [-0.3, -0.25) is 0 Å². The lowest BCUT2D eigenvalue weighted by molar-refractivity contribution is 0.334. The van der Waals surface area contributed by atoms with Crippen LogP contribution in [0.25, 0.3) is 0 Å². The zero-order chi connectivity index (χ0) is 10.1. The smallest absolute Gasteiger partial charge is 0.240 e. The van der Waals surface area contributed by atoms with Crippen LogP contribution in [-0.2, 0) is 12.8 Å². The predicted octanol–water partition coefficient (Wildman–Crippen LogP) is 1.21. The molecule has 4 nitrogen and oxygen atoms in total. The number of hydrogen-bond acceptors (Lipinski definition) is 4. The summed E-state index contributed by atoms with van der Waals surface area (Å²) in [5.74, 6) is 1.73. The Morgan fingerprint density at radius 3 is 2.79 bits per heavy atom. The second-order valence-corrected chi connectivity index (χ2v) is 4.31. The SMILES string of the molecule is CC(C)C1CCc2nc(N)nnc2C1. The molecule has 0 radical (unpaired) electrons. The monoisotopic (exact) mass is 192 g/mol. The lowest BCUT2D eigenvalue weighted by Gasteiger charge is -2.25. The summed E-state index contributed by atoms with van der Waals surface area (Å²) < 4.78 is 0. The highest BCUT2D eigenvalue weighted by Crippen LogP contribution is 2.27. The molecule has 1 unspecified atom stereocenters. The van der Waals surface area contributed by atoms with Gasteiger partial charge in [-0.05, 0) is 31.1 Å². The molecule has 1 aliphatic rings. The minimum atomic E-state index is 0.298. The Kier molecular flexibility index (Phi) is 2.35. The van der Waals surface area contributed by atoms with Crippen LogP contribution in [0.15, 0.2) is 0 Å². The van der Waals surface area contributed by atoms with Crippen molar-refractivity contribution in [3.8, 4) is 0 Å². The van der Waals surface area contributed by atoms with Crippen LogP contribution in [0.3, 0.4) is 0 Å². The first-order valence-electron chi connectivity index (χ1n) is 5.14. The average Bonchev–Trinajstić information content (AvgIpc) is 2.16. The quantitative estimate of drug-likeness (QED) is 0.726. The van der Waals surface area contributed by atoms with Crippen LogP contribution >= 0.6 is 0 Å². The number of aromatic nitrogens is 3. The van der Waals surface area contributed by atoms with E-state index in [4.69, 9.17) is 5.73 Å². The molecule has 1 aromatic rings. The normalized spacial score (nSPS) is 20.9. The third kappa shape index (κ3) is 1.69. The summed E-state index contributed by atoms with van der Waals surface area (Å²) in [4.78, 5) is 4.21. The molecule has 0 amide bonds. The number of nitrogens with zero attached hydrogens (tertiary/aromatic N) is 3. The molecule has 0 aromatic carbocycles. The van der Waals surface area contributed by atoms with Gasteiger partial charge in [0, 0.05) is 0 Å². The first kappa shape index (κ1) is 9.37. The van der Waals surface area contributed by atoms with E-state index in [1.165, 1.54) is 6.42 Å². The van der Waals surface area contributed by atoms with E-state index in [-0.39, 0.29) is 0 Å². The lowest BCUT2D eigenvalue weighted by atomic mass is 9.82. The van der Waals surface area contributed by atoms with Crippen LogP contribution < -0.4 is 5.73 Å². The van der Waals surface area contributed by atoms with Crippen LogP contribution in [0.5, 0.6) is 0 Å². The first-order valence-corrected chi connectivity index (χ1v) is 5.14. The molecule has 1 heterocycles. The van der Waals surface area contributed by atoms with E-state index in [1.807, 2.05) is 0 Å². The van der Waals surface area contributed by atoms with Crippen LogP contribution in [0.4, 0.5) is 5.95 Å². The summed E-state index contributed by atoms with van der Waals surface area (Å²) in [6.07, 6.45) is 3.20. The Morgan fingerprint density at radius 2 is 2.07 bits per heavy atom. The molecule has 0 saturated carbocycles. The Hall–Kier alpha value is -1.19. The van der Waals surface area contributed by atoms with E-state index in [1.54, 1.807) is 0 Å². The number of rotatable bonds is 1. The minimum Gasteiger partial charge on any atom is -0.366 e. The van der Waals surface area contributed by atoms with Crippen molar-refractivity contribution in [3.63, 3.8) is 0 Å². The second kappa shape index (κ2) is 3.52. The maximum Gasteiger partial charge on any atom is 0.240 e. The van der Waals surface area contributed by atoms with Gasteiger partial charge in [0.05, 0.1) is 11.4 Å². The molecule has 0 fully saturated rings. The van der Waals surface area contributed by atoms with Gasteiger partial charge in [0.25, 0.3) is 0 Å². The second-order valence-electron chi connectivity index (χ2n) is 4.31. The van der Waals surface area contributed by atoms with Gasteiger partial charge in [-0.1, -0.05) is 13.8 Å². The predicted molar refractivity (Wildman–Crippen MR) is 54.6 cm³/mol. The summed E-state index contributed by atoms with van der Waals surface area (Å²) in [7, 11) is 0. The summed E-state index contributed by atoms with van der Waals surface area (Å²) in [5, 5.41) is 7.92. The molecule has 2 rings (SSSR count). The summed E-state index contributed by atoms with van der Waals surface area (Å²) in [6, 6.07) is 0. The molecule has 2 N–H and O–H groups in total. The molecule has 0 bridgehead atoms. The van der Waals surface area contributed by atoms with Crippen LogP contribution in [0, 0.1) is 11.8 Å². The van der Waals surface area contributed by atoms with Crippen molar-refractivity contribution in [2.24, 2.45) is 11.8 Å². The third-order valence-corrected chi connectivity index (χ3v) is 3.01. The van der Waals surface area contributed by atoms with E-state index < -0.39 is 0 Å². The minimum absolute atomic E-state index is 0.298. The van der Waals surface area contributed by atoms with E-state index in [0.717, 1.165) is 30.1 Å². The van der Waals surface area contributed by atoms with E-state index >= 15 is 0 Å². The van der Waals surface area contributed by atoms with Gasteiger partial charge in [-0.25, -0.2) is 4.98 Å². The number of fused-ring (bicyclic) bond motifs is 1. The van der Waals surface area contributed by atoms with Gasteiger partial charge in [0.2, 0.25) is 5.95 Å². The van der Waals surface area contributed by atoms with Gasteiger partial charge in [-0.15, -0.1) is 10.2 Å². The van der Waals surface area contributed by atoms with Crippen molar-refractivity contribution >= 4 is 5.95 Å². The Bertz CT molecular complexity index is 335. The van der Waals surface area contributed by atoms with E-state index in [9.17, 15) is 0 Å². The van der Waals surface area contributed by atoms with Crippen molar-refractivity contribution in [2.45, 2.75) is 33.1 Å². The fourth-order valence-corrected chi connectivity index (χ4v) is 1.99. The Balaban J connectivity index is 2.23. The molecule has 1 atom stereocenters. The molecular weight excluding hydrogens is 176 g/mol. The number of aryl methyl sites for hydroxylation is 1. The molecule has 76 valence electrons. The molecule has 0 aliphatic heterocycles. The maximum absolute atomic E-state index is 5.49. The van der Waals surface area contributed by atoms with Gasteiger partial charge in [0.1, 0.15) is 0 Å². The highest BCUT2D eigenvalue weighted by molar-refractivity contribution is 5.21. The van der Waals surface area contributed by atoms with E-state index in [0.29, 0.717) is 11.9 Å². The van der Waals surface area contributed by atoms with Crippen molar-refractivity contribution < 1.29 is 0 Å². The van der Waals surface area contributed by atoms with Crippen molar-refractivity contribution in [1.29, 1.82) is 0 Å². The summed E-state index contributed by atoms with van der Waals surface area (Å²) in [6.45, 7) is 4.52. The van der Waals surface area contributed by atoms with Crippen LogP contribution in [0.2, 0.25) is 0 Å². The fraction of sp³-hybridized carbons (Fsp3) is 0.700. The average molecular weight is 192 g/mol. The zero-order valence-corrected chi connectivity index (χ0v) is 8.70. The van der Waals surface area contributed by atoms with Gasteiger partial charge in [0.15, 0.2) is 0 Å². The van der Waals surface area contributed by atoms with Gasteiger partial charge in [-0.2, -0.15) is 0 Å². The van der Waals surface area contributed by atoms with Crippen molar-refractivity contribution in [2.75, 3.05) is 5.73 Å². The van der Waals surface area contributed by atoms with E-state index in [2.05, 4.69) is 29.0 Å². The maximum atomic E-state index is 5.49. The van der Waals surface area contributed by atoms with Gasteiger partial charge < -0.3 is 5.73 Å². The topological polar surface area (TPSA) is 64.7 Å². The number of nitrogen functional groups attached to an aromatic ring is 1. The van der Waals surface area contributed by atoms with Crippen molar-refractivity contribution in [3.05, 3.63) is 11.4 Å². The lowest BCUT2D eigenvalue weighted by Crippen LogP contribution is -2.22. The third-order valence-electron chi connectivity index (χ3n) is 3.01. The zero-order valence-electron chi connectivity index (χ0n) is 8.70. The Labute approximate surface area is 83.9 Å². The molecule has 0 saturated heterocycles. The van der Waals surface area contributed by atoms with Crippen molar-refractivity contribution in [1.82, 2.24) is 15.2 Å². The summed E-state index contributed by atoms with van der Waals surface area (Å²) in [5.41, 5.74) is 7.59. The molecule has 14 heavy (non-hydrogen) atoms. The number of nitrogens with two attached hydrogens (primary N) is 1. The summed E-state index contributed by atoms with van der Waals surface area (Å²) >= 11 is 0. The largest absolute Gasteiger partial charge is 0.366 e. The molecule has 1 aliphatic carbocycles. The molecule has 4 heteroatoms. The highest BCUT2D eigenvalue weighted by atomic mass is 15.2. The Morgan fingerprint density at radius 1 is 1.29 bits per heavy atom. The fourth-order valence-electron chi connectivity index (χ4n) is 1.99. The van der Waals surface area contributed by atoms with Crippen LogP contribution in [-0.4, -0.2) is 15.2 Å². The first-order chi connectivity index (χ1) is 6.66. The highest BCUT2D eigenvalue weighted by Gasteiger charge is 2.23. The molecular formula is C10H16N4. The number of anilines is 1. The van der Waals surface area contributed by atoms with Gasteiger partial charge >= 0.3 is 0 Å². The van der Waals surface area contributed by atoms with Crippen LogP contribution in [0.1, 0.15) is 31.7 Å². The molecule has 1 aromatic heterocycles. The standard InChI is InChI=1S/C10H16N4/c1-6(2)7-3-4-8-9(5-7)13-14-10(11)12-8/h6-7H,3-5H2,1-2H3,(H2,11,12,14).